The summed E-state index contributed by atoms with van der Waals surface area (Å²) in [6, 6.07) is 9.12. The molecule has 1 saturated heterocycles. The van der Waals surface area contributed by atoms with Gasteiger partial charge in [0.15, 0.2) is 11.5 Å². The maximum atomic E-state index is 12.7. The Balaban J connectivity index is 1.91. The van der Waals surface area contributed by atoms with Gasteiger partial charge in [0.25, 0.3) is 16.8 Å². The second kappa shape index (κ2) is 8.66. The first-order valence-electron chi connectivity index (χ1n) is 8.44. The van der Waals surface area contributed by atoms with E-state index in [4.69, 9.17) is 4.74 Å². The number of halogens is 1. The van der Waals surface area contributed by atoms with Crippen molar-refractivity contribution in [3.63, 3.8) is 0 Å². The van der Waals surface area contributed by atoms with Crippen molar-refractivity contribution in [2.45, 2.75) is 13.5 Å². The van der Waals surface area contributed by atoms with E-state index >= 15 is 0 Å². The molecule has 0 spiro atoms. The Bertz CT molecular complexity index is 1040. The summed E-state index contributed by atoms with van der Waals surface area (Å²) in [5, 5.41) is 21.0. The number of nitro groups is 1. The van der Waals surface area contributed by atoms with Crippen molar-refractivity contribution in [3.8, 4) is 11.5 Å². The lowest BCUT2D eigenvalue weighted by Gasteiger charge is -2.12. The van der Waals surface area contributed by atoms with Crippen molar-refractivity contribution in [1.82, 2.24) is 4.90 Å². The second-order valence-electron chi connectivity index (χ2n) is 5.93. The maximum absolute atomic E-state index is 12.7. The molecule has 2 aromatic rings. The number of amides is 2. The van der Waals surface area contributed by atoms with Gasteiger partial charge >= 0.3 is 0 Å². The number of carbonyl (C=O) groups excluding carboxylic acids is 2. The lowest BCUT2D eigenvalue weighted by atomic mass is 10.1. The first-order valence-corrected chi connectivity index (χ1v) is 10.1. The molecule has 2 amide bonds. The molecule has 0 bridgehead atoms. The largest absolute Gasteiger partial charge is 0.504 e. The summed E-state index contributed by atoms with van der Waals surface area (Å²) < 4.78 is 5.99. The Morgan fingerprint density at radius 2 is 2.03 bits per heavy atom. The lowest BCUT2D eigenvalue weighted by Crippen LogP contribution is -2.27. The molecule has 10 heteroatoms. The number of rotatable bonds is 6. The molecule has 1 aliphatic rings. The van der Waals surface area contributed by atoms with Crippen LogP contribution in [0.25, 0.3) is 6.08 Å². The quantitative estimate of drug-likeness (QED) is 0.363. The minimum Gasteiger partial charge on any atom is -0.504 e. The molecule has 1 N–H and O–H groups in total. The van der Waals surface area contributed by atoms with Crippen LogP contribution in [-0.2, 0) is 11.3 Å². The highest BCUT2D eigenvalue weighted by atomic mass is 79.9. The van der Waals surface area contributed by atoms with Crippen molar-refractivity contribution >= 4 is 50.6 Å². The third-order valence-electron chi connectivity index (χ3n) is 4.05. The normalized spacial score (nSPS) is 15.2. The van der Waals surface area contributed by atoms with E-state index in [1.165, 1.54) is 24.3 Å². The van der Waals surface area contributed by atoms with Gasteiger partial charge in [0.1, 0.15) is 0 Å². The molecule has 0 radical (unpaired) electrons. The Kier molecular flexibility index (Phi) is 6.23. The van der Waals surface area contributed by atoms with Crippen molar-refractivity contribution in [3.05, 3.63) is 67.0 Å². The number of ether oxygens (including phenoxy) is 1. The molecule has 29 heavy (non-hydrogen) atoms. The van der Waals surface area contributed by atoms with Gasteiger partial charge < -0.3 is 9.84 Å². The highest BCUT2D eigenvalue weighted by Gasteiger charge is 2.36. The molecule has 0 aromatic heterocycles. The van der Waals surface area contributed by atoms with Gasteiger partial charge in [0, 0.05) is 21.7 Å². The number of hydrogen-bond acceptors (Lipinski definition) is 7. The molecule has 0 atom stereocenters. The Hall–Kier alpha value is -2.85. The van der Waals surface area contributed by atoms with Crippen LogP contribution in [0.3, 0.4) is 0 Å². The fourth-order valence-corrected chi connectivity index (χ4v) is 4.02. The minimum atomic E-state index is -0.588. The van der Waals surface area contributed by atoms with Crippen molar-refractivity contribution in [2.24, 2.45) is 0 Å². The second-order valence-corrected chi connectivity index (χ2v) is 7.84. The highest BCUT2D eigenvalue weighted by molar-refractivity contribution is 9.10. The van der Waals surface area contributed by atoms with Crippen molar-refractivity contribution < 1.29 is 24.4 Å². The Morgan fingerprint density at radius 1 is 1.31 bits per heavy atom. The van der Waals surface area contributed by atoms with E-state index in [2.05, 4.69) is 15.9 Å². The van der Waals surface area contributed by atoms with Gasteiger partial charge in [-0.15, -0.1) is 0 Å². The number of nitro benzene ring substituents is 1. The summed E-state index contributed by atoms with van der Waals surface area (Å²) in [7, 11) is 0. The summed E-state index contributed by atoms with van der Waals surface area (Å²) >= 11 is 4.02. The monoisotopic (exact) mass is 478 g/mol. The average molecular weight is 479 g/mol. The van der Waals surface area contributed by atoms with Gasteiger partial charge in [-0.25, -0.2) is 0 Å². The standard InChI is InChI=1S/C19H15BrN2O6S/c1-2-28-15-9-13(20)7-12(17(15)23)8-16-18(24)21(19(25)29-16)10-11-5-3-4-6-14(11)22(26)27/h3-9,23H,2,10H2,1H3/b16-8-. The van der Waals surface area contributed by atoms with Gasteiger partial charge in [-0.05, 0) is 36.9 Å². The van der Waals surface area contributed by atoms with Crippen LogP contribution in [0.2, 0.25) is 0 Å². The smallest absolute Gasteiger partial charge is 0.293 e. The molecule has 0 aliphatic carbocycles. The van der Waals surface area contributed by atoms with E-state index in [0.717, 1.165) is 4.90 Å². The fraction of sp³-hybridized carbons (Fsp3) is 0.158. The number of carbonyl (C=O) groups is 2. The van der Waals surface area contributed by atoms with Crippen LogP contribution in [0.4, 0.5) is 10.5 Å². The highest BCUT2D eigenvalue weighted by Crippen LogP contribution is 2.39. The van der Waals surface area contributed by atoms with E-state index in [9.17, 15) is 24.8 Å². The molecule has 3 rings (SSSR count). The topological polar surface area (TPSA) is 110 Å². The zero-order valence-corrected chi connectivity index (χ0v) is 17.5. The van der Waals surface area contributed by atoms with Crippen LogP contribution in [0.5, 0.6) is 11.5 Å². The summed E-state index contributed by atoms with van der Waals surface area (Å²) in [5.41, 5.74) is 0.394. The molecule has 1 heterocycles. The zero-order chi connectivity index (χ0) is 21.1. The van der Waals surface area contributed by atoms with Crippen LogP contribution in [0.1, 0.15) is 18.1 Å². The number of para-hydroxylation sites is 1. The van der Waals surface area contributed by atoms with Crippen LogP contribution in [0, 0.1) is 10.1 Å². The molecule has 0 unspecified atom stereocenters. The minimum absolute atomic E-state index is 0.101. The zero-order valence-electron chi connectivity index (χ0n) is 15.1. The molecule has 1 fully saturated rings. The van der Waals surface area contributed by atoms with E-state index in [0.29, 0.717) is 28.4 Å². The van der Waals surface area contributed by atoms with Crippen molar-refractivity contribution in [1.29, 1.82) is 0 Å². The summed E-state index contributed by atoms with van der Waals surface area (Å²) in [5.74, 6) is -0.497. The van der Waals surface area contributed by atoms with Crippen molar-refractivity contribution in [2.75, 3.05) is 6.61 Å². The number of hydrogen-bond donors (Lipinski definition) is 1. The first kappa shape index (κ1) is 20.9. The number of thioether (sulfide) groups is 1. The third-order valence-corrected chi connectivity index (χ3v) is 5.41. The molecular formula is C19H15BrN2O6S. The van der Waals surface area contributed by atoms with E-state index in [1.807, 2.05) is 0 Å². The molecule has 8 nitrogen and oxygen atoms in total. The summed E-state index contributed by atoms with van der Waals surface area (Å²) in [4.78, 5) is 36.7. The van der Waals surface area contributed by atoms with Gasteiger partial charge in [-0.3, -0.25) is 24.6 Å². The Labute approximate surface area is 178 Å². The molecule has 1 aliphatic heterocycles. The molecule has 0 saturated carbocycles. The maximum Gasteiger partial charge on any atom is 0.293 e. The van der Waals surface area contributed by atoms with E-state index in [1.54, 1.807) is 25.1 Å². The van der Waals surface area contributed by atoms with Crippen LogP contribution >= 0.6 is 27.7 Å². The SMILES string of the molecule is CCOc1cc(Br)cc(/C=C2\SC(=O)N(Cc3ccccc3[N+](=O)[O-])C2=O)c1O. The number of imide groups is 1. The predicted octanol–water partition coefficient (Wildman–Crippen LogP) is 4.70. The number of phenols is 1. The van der Waals surface area contributed by atoms with E-state index in [-0.39, 0.29) is 34.2 Å². The predicted molar refractivity (Wildman–Crippen MR) is 112 cm³/mol. The third kappa shape index (κ3) is 4.43. The number of phenolic OH excluding ortho intramolecular Hbond substituents is 1. The van der Waals surface area contributed by atoms with Crippen LogP contribution in [-0.4, -0.2) is 32.7 Å². The molecular weight excluding hydrogens is 464 g/mol. The lowest BCUT2D eigenvalue weighted by molar-refractivity contribution is -0.385. The van der Waals surface area contributed by atoms with Gasteiger partial charge in [-0.1, -0.05) is 34.1 Å². The molecule has 2 aromatic carbocycles. The van der Waals surface area contributed by atoms with Gasteiger partial charge in [-0.2, -0.15) is 0 Å². The Morgan fingerprint density at radius 3 is 2.72 bits per heavy atom. The summed E-state index contributed by atoms with van der Waals surface area (Å²) in [6.07, 6.45) is 1.40. The first-order chi connectivity index (χ1) is 13.8. The fourth-order valence-electron chi connectivity index (χ4n) is 2.74. The number of aromatic hydroxyl groups is 1. The average Bonchev–Trinajstić information content (AvgIpc) is 2.93. The van der Waals surface area contributed by atoms with E-state index < -0.39 is 16.1 Å². The number of nitrogens with zero attached hydrogens (tertiary/aromatic N) is 2. The van der Waals surface area contributed by atoms with Gasteiger partial charge in [0.05, 0.1) is 23.0 Å². The molecule has 150 valence electrons. The number of benzene rings is 2. The van der Waals surface area contributed by atoms with Gasteiger partial charge in [0.2, 0.25) is 0 Å². The van der Waals surface area contributed by atoms with Crippen LogP contribution in [0.15, 0.2) is 45.8 Å². The van der Waals surface area contributed by atoms with Crippen LogP contribution < -0.4 is 4.74 Å². The summed E-state index contributed by atoms with van der Waals surface area (Å²) in [6.45, 7) is 1.90.